The molecule has 1 rings (SSSR count). The first kappa shape index (κ1) is 14.2. The predicted octanol–water partition coefficient (Wildman–Crippen LogP) is 1.81. The van der Waals surface area contributed by atoms with Crippen molar-refractivity contribution in [2.45, 2.75) is 33.4 Å². The second kappa shape index (κ2) is 7.48. The standard InChI is InChI=1S/C13H23NO3/c1-11(2)14(6-8-16-9-7-15)10-13-5-4-12(3)17-13/h4-5,11,15H,6-10H2,1-3H3. The van der Waals surface area contributed by atoms with Gasteiger partial charge in [0.05, 0.1) is 26.4 Å². The Balaban J connectivity index is 2.38. The molecule has 1 aromatic rings. The second-order valence-electron chi connectivity index (χ2n) is 4.41. The van der Waals surface area contributed by atoms with Crippen molar-refractivity contribution in [2.24, 2.45) is 0 Å². The van der Waals surface area contributed by atoms with Crippen molar-refractivity contribution in [3.8, 4) is 0 Å². The van der Waals surface area contributed by atoms with E-state index in [0.717, 1.165) is 24.6 Å². The van der Waals surface area contributed by atoms with Crippen molar-refractivity contribution in [1.82, 2.24) is 4.90 Å². The van der Waals surface area contributed by atoms with Crippen LogP contribution in [-0.2, 0) is 11.3 Å². The van der Waals surface area contributed by atoms with Crippen LogP contribution in [-0.4, -0.2) is 42.4 Å². The molecule has 1 heterocycles. The third-order valence-corrected chi connectivity index (χ3v) is 2.64. The summed E-state index contributed by atoms with van der Waals surface area (Å²) in [5.41, 5.74) is 0. The summed E-state index contributed by atoms with van der Waals surface area (Å²) in [5.74, 6) is 1.93. The number of nitrogens with zero attached hydrogens (tertiary/aromatic N) is 1. The van der Waals surface area contributed by atoms with Crippen LogP contribution in [0.25, 0.3) is 0 Å². The summed E-state index contributed by atoms with van der Waals surface area (Å²) in [6, 6.07) is 4.44. The van der Waals surface area contributed by atoms with Gasteiger partial charge in [-0.3, -0.25) is 4.90 Å². The van der Waals surface area contributed by atoms with Crippen molar-refractivity contribution in [1.29, 1.82) is 0 Å². The zero-order chi connectivity index (χ0) is 12.7. The lowest BCUT2D eigenvalue weighted by Crippen LogP contribution is -2.33. The smallest absolute Gasteiger partial charge is 0.118 e. The van der Waals surface area contributed by atoms with E-state index >= 15 is 0 Å². The molecule has 0 saturated heterocycles. The highest BCUT2D eigenvalue weighted by atomic mass is 16.5. The van der Waals surface area contributed by atoms with Gasteiger partial charge in [-0.25, -0.2) is 0 Å². The molecular formula is C13H23NO3. The van der Waals surface area contributed by atoms with Crippen molar-refractivity contribution in [3.63, 3.8) is 0 Å². The van der Waals surface area contributed by atoms with Crippen LogP contribution in [0.1, 0.15) is 25.4 Å². The third-order valence-electron chi connectivity index (χ3n) is 2.64. The highest BCUT2D eigenvalue weighted by molar-refractivity contribution is 5.05. The van der Waals surface area contributed by atoms with Crippen molar-refractivity contribution < 1.29 is 14.3 Å². The molecule has 0 fully saturated rings. The van der Waals surface area contributed by atoms with Crippen molar-refractivity contribution >= 4 is 0 Å². The first-order valence-electron chi connectivity index (χ1n) is 6.11. The first-order valence-corrected chi connectivity index (χ1v) is 6.11. The molecule has 0 aliphatic rings. The fraction of sp³-hybridized carbons (Fsp3) is 0.692. The lowest BCUT2D eigenvalue weighted by molar-refractivity contribution is 0.0626. The van der Waals surface area contributed by atoms with E-state index in [9.17, 15) is 0 Å². The molecule has 0 bridgehead atoms. The van der Waals surface area contributed by atoms with Gasteiger partial charge in [-0.1, -0.05) is 0 Å². The minimum Gasteiger partial charge on any atom is -0.465 e. The van der Waals surface area contributed by atoms with E-state index in [0.29, 0.717) is 19.3 Å². The molecule has 0 unspecified atom stereocenters. The van der Waals surface area contributed by atoms with Crippen LogP contribution in [0.15, 0.2) is 16.5 Å². The number of hydrogen-bond donors (Lipinski definition) is 1. The topological polar surface area (TPSA) is 45.8 Å². The van der Waals surface area contributed by atoms with Crippen LogP contribution in [0.3, 0.4) is 0 Å². The van der Waals surface area contributed by atoms with E-state index < -0.39 is 0 Å². The van der Waals surface area contributed by atoms with Gasteiger partial charge >= 0.3 is 0 Å². The minimum atomic E-state index is 0.0824. The van der Waals surface area contributed by atoms with E-state index in [4.69, 9.17) is 14.3 Å². The first-order chi connectivity index (χ1) is 8.13. The number of ether oxygens (including phenoxy) is 1. The monoisotopic (exact) mass is 241 g/mol. The number of furan rings is 1. The predicted molar refractivity (Wildman–Crippen MR) is 66.9 cm³/mol. The average Bonchev–Trinajstić information content (AvgIpc) is 2.68. The van der Waals surface area contributed by atoms with E-state index in [-0.39, 0.29) is 6.61 Å². The maximum Gasteiger partial charge on any atom is 0.118 e. The van der Waals surface area contributed by atoms with Crippen LogP contribution in [0.4, 0.5) is 0 Å². The SMILES string of the molecule is Cc1ccc(CN(CCOCCO)C(C)C)o1. The Bertz CT molecular complexity index is 309. The quantitative estimate of drug-likeness (QED) is 0.705. The molecular weight excluding hydrogens is 218 g/mol. The molecule has 0 radical (unpaired) electrons. The van der Waals surface area contributed by atoms with Crippen LogP contribution < -0.4 is 0 Å². The second-order valence-corrected chi connectivity index (χ2v) is 4.41. The molecule has 0 saturated carbocycles. The Morgan fingerprint density at radius 2 is 2.12 bits per heavy atom. The number of aliphatic hydroxyl groups is 1. The molecule has 0 amide bonds. The number of aliphatic hydroxyl groups excluding tert-OH is 1. The summed E-state index contributed by atoms with van der Waals surface area (Å²) in [4.78, 5) is 2.29. The zero-order valence-electron chi connectivity index (χ0n) is 11.0. The van der Waals surface area contributed by atoms with Gasteiger partial charge in [0.15, 0.2) is 0 Å². The Morgan fingerprint density at radius 1 is 1.35 bits per heavy atom. The summed E-state index contributed by atoms with van der Waals surface area (Å²) in [6.45, 7) is 9.03. The fourth-order valence-corrected chi connectivity index (χ4v) is 1.64. The van der Waals surface area contributed by atoms with Gasteiger partial charge < -0.3 is 14.3 Å². The molecule has 0 spiro atoms. The minimum absolute atomic E-state index is 0.0824. The van der Waals surface area contributed by atoms with Gasteiger partial charge in [-0.2, -0.15) is 0 Å². The van der Waals surface area contributed by atoms with Gasteiger partial charge in [0.25, 0.3) is 0 Å². The summed E-state index contributed by atoms with van der Waals surface area (Å²) >= 11 is 0. The van der Waals surface area contributed by atoms with Crippen LogP contribution in [0.5, 0.6) is 0 Å². The van der Waals surface area contributed by atoms with Gasteiger partial charge in [0.2, 0.25) is 0 Å². The largest absolute Gasteiger partial charge is 0.465 e. The lowest BCUT2D eigenvalue weighted by atomic mass is 10.3. The van der Waals surface area contributed by atoms with E-state index in [1.807, 2.05) is 19.1 Å². The molecule has 0 aromatic carbocycles. The van der Waals surface area contributed by atoms with Crippen LogP contribution in [0, 0.1) is 6.92 Å². The van der Waals surface area contributed by atoms with E-state index in [2.05, 4.69) is 18.7 Å². The lowest BCUT2D eigenvalue weighted by Gasteiger charge is -2.25. The van der Waals surface area contributed by atoms with Crippen LogP contribution >= 0.6 is 0 Å². The van der Waals surface area contributed by atoms with Gasteiger partial charge in [0.1, 0.15) is 11.5 Å². The Hall–Kier alpha value is -0.840. The normalized spacial score (nSPS) is 11.6. The summed E-state index contributed by atoms with van der Waals surface area (Å²) in [5, 5.41) is 8.63. The van der Waals surface area contributed by atoms with Crippen LogP contribution in [0.2, 0.25) is 0 Å². The third kappa shape index (κ3) is 5.35. The molecule has 1 aromatic heterocycles. The zero-order valence-corrected chi connectivity index (χ0v) is 11.0. The molecule has 4 nitrogen and oxygen atoms in total. The fourth-order valence-electron chi connectivity index (χ4n) is 1.64. The Kier molecular flexibility index (Phi) is 6.26. The number of aryl methyl sites for hydroxylation is 1. The average molecular weight is 241 g/mol. The molecule has 0 aliphatic heterocycles. The molecule has 98 valence electrons. The summed E-state index contributed by atoms with van der Waals surface area (Å²) in [6.07, 6.45) is 0. The van der Waals surface area contributed by atoms with Gasteiger partial charge in [-0.15, -0.1) is 0 Å². The molecule has 1 N–H and O–H groups in total. The summed E-state index contributed by atoms with van der Waals surface area (Å²) < 4.78 is 10.9. The maximum absolute atomic E-state index is 8.63. The molecule has 0 atom stereocenters. The maximum atomic E-state index is 8.63. The number of hydrogen-bond acceptors (Lipinski definition) is 4. The van der Waals surface area contributed by atoms with Crippen molar-refractivity contribution in [2.75, 3.05) is 26.4 Å². The molecule has 17 heavy (non-hydrogen) atoms. The Labute approximate surface area is 103 Å². The number of rotatable bonds is 8. The summed E-state index contributed by atoms with van der Waals surface area (Å²) in [7, 11) is 0. The van der Waals surface area contributed by atoms with Crippen molar-refractivity contribution in [3.05, 3.63) is 23.7 Å². The van der Waals surface area contributed by atoms with E-state index in [1.165, 1.54) is 0 Å². The highest BCUT2D eigenvalue weighted by Crippen LogP contribution is 2.11. The highest BCUT2D eigenvalue weighted by Gasteiger charge is 2.11. The van der Waals surface area contributed by atoms with Gasteiger partial charge in [0, 0.05) is 12.6 Å². The molecule has 4 heteroatoms. The molecule has 0 aliphatic carbocycles. The Morgan fingerprint density at radius 3 is 2.65 bits per heavy atom. The van der Waals surface area contributed by atoms with E-state index in [1.54, 1.807) is 0 Å². The van der Waals surface area contributed by atoms with Gasteiger partial charge in [-0.05, 0) is 32.9 Å².